The van der Waals surface area contributed by atoms with Crippen LogP contribution in [-0.2, 0) is 4.79 Å². The Balaban J connectivity index is 2.29. The second-order valence-electron chi connectivity index (χ2n) is 4.85. The zero-order chi connectivity index (χ0) is 13.3. The molecule has 0 aliphatic carbocycles. The lowest BCUT2D eigenvalue weighted by Crippen LogP contribution is -2.39. The molecule has 2 N–H and O–H groups in total. The molecule has 1 aromatic carbocycles. The molecule has 1 aliphatic rings. The van der Waals surface area contributed by atoms with Crippen LogP contribution in [0.1, 0.15) is 20.3 Å². The highest BCUT2D eigenvalue weighted by Crippen LogP contribution is 2.33. The van der Waals surface area contributed by atoms with Gasteiger partial charge in [0, 0.05) is 12.1 Å². The Bertz CT molecular complexity index is 474. The van der Waals surface area contributed by atoms with Crippen LogP contribution in [0.3, 0.4) is 0 Å². The number of benzene rings is 1. The minimum atomic E-state index is -0.486. The summed E-state index contributed by atoms with van der Waals surface area (Å²) in [5, 5.41) is 5.83. The molecule has 0 spiro atoms. The first kappa shape index (κ1) is 12.7. The van der Waals surface area contributed by atoms with Gasteiger partial charge in [-0.3, -0.25) is 4.79 Å². The molecule has 4 nitrogen and oxygen atoms in total. The van der Waals surface area contributed by atoms with Crippen LogP contribution in [0.2, 0.25) is 0 Å². The second kappa shape index (κ2) is 4.84. The summed E-state index contributed by atoms with van der Waals surface area (Å²) in [5.41, 5.74) is 1.15. The molecule has 0 aromatic heterocycles. The highest BCUT2D eigenvalue weighted by Gasteiger charge is 2.27. The Hall–Kier alpha value is -1.78. The van der Waals surface area contributed by atoms with E-state index in [0.717, 1.165) is 6.42 Å². The van der Waals surface area contributed by atoms with Crippen LogP contribution < -0.4 is 15.4 Å². The topological polar surface area (TPSA) is 50.4 Å². The van der Waals surface area contributed by atoms with Crippen molar-refractivity contribution in [1.82, 2.24) is 0 Å². The van der Waals surface area contributed by atoms with E-state index >= 15 is 0 Å². The fourth-order valence-electron chi connectivity index (χ4n) is 2.04. The molecule has 2 rings (SSSR count). The van der Waals surface area contributed by atoms with Gasteiger partial charge in [-0.2, -0.15) is 0 Å². The van der Waals surface area contributed by atoms with Crippen LogP contribution in [0.5, 0.6) is 5.75 Å². The summed E-state index contributed by atoms with van der Waals surface area (Å²) in [7, 11) is 1.41. The van der Waals surface area contributed by atoms with Crippen molar-refractivity contribution in [2.75, 3.05) is 17.7 Å². The van der Waals surface area contributed by atoms with Gasteiger partial charge in [0.2, 0.25) is 5.91 Å². The van der Waals surface area contributed by atoms with E-state index in [1.807, 2.05) is 0 Å². The van der Waals surface area contributed by atoms with E-state index in [-0.39, 0.29) is 17.7 Å². The van der Waals surface area contributed by atoms with E-state index in [2.05, 4.69) is 24.5 Å². The molecule has 1 unspecified atom stereocenters. The van der Waals surface area contributed by atoms with Gasteiger partial charge in [0.25, 0.3) is 0 Å². The van der Waals surface area contributed by atoms with E-state index in [0.29, 0.717) is 17.3 Å². The highest BCUT2D eigenvalue weighted by molar-refractivity contribution is 6.03. The van der Waals surface area contributed by atoms with Crippen molar-refractivity contribution in [3.63, 3.8) is 0 Å². The Kier molecular flexibility index (Phi) is 3.41. The molecule has 1 amide bonds. The van der Waals surface area contributed by atoms with Gasteiger partial charge < -0.3 is 15.4 Å². The first-order chi connectivity index (χ1) is 8.51. The summed E-state index contributed by atoms with van der Waals surface area (Å²) in [6, 6.07) is 2.55. The fourth-order valence-corrected chi connectivity index (χ4v) is 2.04. The number of nitrogens with one attached hydrogen (secondary N) is 2. The maximum absolute atomic E-state index is 13.5. The molecular weight excluding hydrogens is 235 g/mol. The summed E-state index contributed by atoms with van der Waals surface area (Å²) in [4.78, 5) is 11.8. The maximum atomic E-state index is 13.5. The average Bonchev–Trinajstić information content (AvgIpc) is 2.29. The Morgan fingerprint density at radius 2 is 2.11 bits per heavy atom. The molecule has 98 valence electrons. The summed E-state index contributed by atoms with van der Waals surface area (Å²) >= 11 is 0. The Morgan fingerprint density at radius 3 is 2.72 bits per heavy atom. The third-order valence-electron chi connectivity index (χ3n) is 2.90. The normalized spacial score (nSPS) is 18.1. The molecule has 0 radical (unpaired) electrons. The van der Waals surface area contributed by atoms with E-state index in [1.54, 1.807) is 6.07 Å². The van der Waals surface area contributed by atoms with E-state index in [1.165, 1.54) is 13.2 Å². The number of anilines is 2. The van der Waals surface area contributed by atoms with Crippen molar-refractivity contribution in [3.05, 3.63) is 17.9 Å². The van der Waals surface area contributed by atoms with Gasteiger partial charge in [0.15, 0.2) is 11.6 Å². The summed E-state index contributed by atoms with van der Waals surface area (Å²) in [6.45, 7) is 4.10. The lowest BCUT2D eigenvalue weighted by molar-refractivity contribution is -0.117. The molecule has 0 saturated heterocycles. The van der Waals surface area contributed by atoms with Crippen molar-refractivity contribution < 1.29 is 13.9 Å². The minimum Gasteiger partial charge on any atom is -0.494 e. The van der Waals surface area contributed by atoms with Crippen LogP contribution in [0.4, 0.5) is 15.8 Å². The van der Waals surface area contributed by atoms with Gasteiger partial charge in [0.05, 0.1) is 18.5 Å². The van der Waals surface area contributed by atoms with Gasteiger partial charge in [-0.1, -0.05) is 13.8 Å². The largest absolute Gasteiger partial charge is 0.494 e. The molecule has 1 heterocycles. The highest BCUT2D eigenvalue weighted by atomic mass is 19.1. The van der Waals surface area contributed by atoms with E-state index < -0.39 is 5.82 Å². The standard InChI is InChI=1S/C13H17FN2O2/c1-7(2)4-11-13(17)16-9-5-8(14)12(18-3)6-10(9)15-11/h5-7,11,15H,4H2,1-3H3,(H,16,17). The molecule has 0 bridgehead atoms. The maximum Gasteiger partial charge on any atom is 0.246 e. The molecule has 18 heavy (non-hydrogen) atoms. The fraction of sp³-hybridized carbons (Fsp3) is 0.462. The number of carbonyl (C=O) groups excluding carboxylic acids is 1. The number of methoxy groups -OCH3 is 1. The van der Waals surface area contributed by atoms with Gasteiger partial charge in [-0.15, -0.1) is 0 Å². The Labute approximate surface area is 106 Å². The van der Waals surface area contributed by atoms with Gasteiger partial charge >= 0.3 is 0 Å². The van der Waals surface area contributed by atoms with Gasteiger partial charge in [-0.05, 0) is 12.3 Å². The van der Waals surface area contributed by atoms with Gasteiger partial charge in [0.1, 0.15) is 6.04 Å². The second-order valence-corrected chi connectivity index (χ2v) is 4.85. The molecule has 0 saturated carbocycles. The van der Waals surface area contributed by atoms with E-state index in [9.17, 15) is 9.18 Å². The SMILES string of the molecule is COc1cc2c(cc1F)NC(=O)C(CC(C)C)N2. The van der Waals surface area contributed by atoms with Crippen LogP contribution >= 0.6 is 0 Å². The van der Waals surface area contributed by atoms with Crippen molar-refractivity contribution >= 4 is 17.3 Å². The molecule has 1 atom stereocenters. The van der Waals surface area contributed by atoms with Crippen LogP contribution in [0.25, 0.3) is 0 Å². The molecule has 5 heteroatoms. The quantitative estimate of drug-likeness (QED) is 0.869. The smallest absolute Gasteiger partial charge is 0.246 e. The zero-order valence-corrected chi connectivity index (χ0v) is 10.7. The van der Waals surface area contributed by atoms with Crippen molar-refractivity contribution in [3.8, 4) is 5.75 Å². The van der Waals surface area contributed by atoms with Crippen molar-refractivity contribution in [1.29, 1.82) is 0 Å². The van der Waals surface area contributed by atoms with E-state index in [4.69, 9.17) is 4.74 Å². The summed E-state index contributed by atoms with van der Waals surface area (Å²) in [6.07, 6.45) is 0.727. The average molecular weight is 252 g/mol. The third kappa shape index (κ3) is 2.39. The molecular formula is C13H17FN2O2. The number of hydrogen-bond donors (Lipinski definition) is 2. The minimum absolute atomic E-state index is 0.124. The van der Waals surface area contributed by atoms with Gasteiger partial charge in [-0.25, -0.2) is 4.39 Å². The molecule has 0 fully saturated rings. The van der Waals surface area contributed by atoms with Crippen LogP contribution in [0, 0.1) is 11.7 Å². The lowest BCUT2D eigenvalue weighted by Gasteiger charge is -2.28. The Morgan fingerprint density at radius 1 is 1.39 bits per heavy atom. The number of amides is 1. The van der Waals surface area contributed by atoms with Crippen LogP contribution in [-0.4, -0.2) is 19.1 Å². The number of halogens is 1. The predicted molar refractivity (Wildman–Crippen MR) is 68.4 cm³/mol. The number of hydrogen-bond acceptors (Lipinski definition) is 3. The van der Waals surface area contributed by atoms with Crippen LogP contribution in [0.15, 0.2) is 12.1 Å². The molecule has 1 aromatic rings. The first-order valence-electron chi connectivity index (χ1n) is 5.96. The predicted octanol–water partition coefficient (Wildman–Crippen LogP) is 2.61. The zero-order valence-electron chi connectivity index (χ0n) is 10.7. The summed E-state index contributed by atoms with van der Waals surface area (Å²) < 4.78 is 18.4. The monoisotopic (exact) mass is 252 g/mol. The number of ether oxygens (including phenoxy) is 1. The molecule has 1 aliphatic heterocycles. The summed E-state index contributed by atoms with van der Waals surface area (Å²) in [5.74, 6) is -0.0423. The van der Waals surface area contributed by atoms with Crippen molar-refractivity contribution in [2.45, 2.75) is 26.3 Å². The van der Waals surface area contributed by atoms with Crippen molar-refractivity contribution in [2.24, 2.45) is 5.92 Å². The lowest BCUT2D eigenvalue weighted by atomic mass is 10.0. The number of rotatable bonds is 3. The number of fused-ring (bicyclic) bond motifs is 1. The first-order valence-corrected chi connectivity index (χ1v) is 5.96. The number of carbonyl (C=O) groups is 1. The third-order valence-corrected chi connectivity index (χ3v) is 2.90.